The molecule has 2 unspecified atom stereocenters. The van der Waals surface area contributed by atoms with Crippen molar-refractivity contribution in [1.29, 1.82) is 0 Å². The molecule has 8 heteroatoms. The zero-order chi connectivity index (χ0) is 16.2. The molecule has 1 aliphatic heterocycles. The number of H-pyrrole nitrogens is 1. The molecule has 0 radical (unpaired) electrons. The quantitative estimate of drug-likeness (QED) is 0.707. The van der Waals surface area contributed by atoms with Crippen LogP contribution < -0.4 is 8.62 Å². The summed E-state index contributed by atoms with van der Waals surface area (Å²) in [7, 11) is 3.42. The number of urea groups is 1. The van der Waals surface area contributed by atoms with Crippen LogP contribution in [0.15, 0.2) is 24.4 Å². The monoisotopic (exact) mass is 420 g/mol. The van der Waals surface area contributed by atoms with E-state index in [2.05, 4.69) is 18.8 Å². The molecule has 7 nitrogen and oxygen atoms in total. The van der Waals surface area contributed by atoms with Crippen molar-refractivity contribution >= 4 is 44.3 Å². The van der Waals surface area contributed by atoms with Crippen molar-refractivity contribution in [3.05, 3.63) is 24.4 Å². The van der Waals surface area contributed by atoms with Crippen LogP contribution in [-0.2, 0) is 9.47 Å². The molecule has 3 rings (SSSR count). The standard InChI is InChI=1S/C8H8N4O.C7H14O2.In/c9-8(13)11-6-2-1-3-7-5(6)4-10-12-7;1-4-5-7(9-3)6-8-2;/h1-4H,(H4,9,10,11,12,13);6-7H,1,4-5H2,2-3H3;/q;;+1/p-1. The molecule has 0 saturated carbocycles. The van der Waals surface area contributed by atoms with Crippen LogP contribution in [0.4, 0.5) is 10.5 Å². The molecule has 2 atom stereocenters. The molecule has 0 aliphatic carbocycles. The molecule has 1 aromatic carbocycles. The fourth-order valence-electron chi connectivity index (χ4n) is 3.25. The summed E-state index contributed by atoms with van der Waals surface area (Å²) in [5, 5.41) is 10.8. The summed E-state index contributed by atoms with van der Waals surface area (Å²) < 4.78 is 15.5. The van der Waals surface area contributed by atoms with Gasteiger partial charge in [0.15, 0.2) is 0 Å². The van der Waals surface area contributed by atoms with Crippen LogP contribution in [0.1, 0.15) is 12.8 Å². The third-order valence-corrected chi connectivity index (χ3v) is 13.4. The molecule has 23 heavy (non-hydrogen) atoms. The van der Waals surface area contributed by atoms with E-state index in [-0.39, 0.29) is 16.0 Å². The van der Waals surface area contributed by atoms with E-state index >= 15 is 0 Å². The summed E-state index contributed by atoms with van der Waals surface area (Å²) in [6.45, 7) is 0. The Kier molecular flexibility index (Phi) is 5.45. The number of hydrogen-bond donors (Lipinski definition) is 3. The van der Waals surface area contributed by atoms with Gasteiger partial charge in [-0.1, -0.05) is 0 Å². The zero-order valence-corrected chi connectivity index (χ0v) is 16.6. The van der Waals surface area contributed by atoms with Gasteiger partial charge in [0.1, 0.15) is 0 Å². The van der Waals surface area contributed by atoms with Gasteiger partial charge in [-0.3, -0.25) is 0 Å². The first-order chi connectivity index (χ1) is 11.2. The Bertz CT molecular complexity index is 678. The molecule has 3 N–H and O–H groups in total. The van der Waals surface area contributed by atoms with Crippen LogP contribution in [0.5, 0.6) is 0 Å². The number of nitrogens with zero attached hydrogens (tertiary/aromatic N) is 1. The summed E-state index contributed by atoms with van der Waals surface area (Å²) in [4.78, 5) is 12.4. The molecular weight excluding hydrogens is 399 g/mol. The topological polar surface area (TPSA) is 88.3 Å². The van der Waals surface area contributed by atoms with Crippen LogP contribution in [0.2, 0.25) is 4.18 Å². The van der Waals surface area contributed by atoms with E-state index in [1.807, 2.05) is 18.2 Å². The van der Waals surface area contributed by atoms with Crippen molar-refractivity contribution in [3.8, 4) is 0 Å². The van der Waals surface area contributed by atoms with Crippen LogP contribution in [0, 0.1) is 0 Å². The van der Waals surface area contributed by atoms with E-state index < -0.39 is 21.7 Å². The van der Waals surface area contributed by atoms with Gasteiger partial charge < -0.3 is 0 Å². The van der Waals surface area contributed by atoms with Crippen molar-refractivity contribution in [2.45, 2.75) is 27.0 Å². The average molecular weight is 420 g/mol. The van der Waals surface area contributed by atoms with Crippen molar-refractivity contribution in [1.82, 2.24) is 13.5 Å². The summed E-state index contributed by atoms with van der Waals surface area (Å²) in [6, 6.07) is 5.53. The fourth-order valence-corrected chi connectivity index (χ4v) is 11.6. The second kappa shape index (κ2) is 7.55. The number of anilines is 1. The number of carbonyl (C=O) groups excluding carboxylic acids is 1. The number of aromatic amines is 1. The van der Waals surface area contributed by atoms with Gasteiger partial charge in [-0.25, -0.2) is 0 Å². The van der Waals surface area contributed by atoms with Crippen LogP contribution >= 0.6 is 0 Å². The molecule has 1 saturated heterocycles. The maximum absolute atomic E-state index is 12.4. The molecule has 1 fully saturated rings. The molecule has 0 spiro atoms. The van der Waals surface area contributed by atoms with Crippen LogP contribution in [-0.4, -0.2) is 62.1 Å². The summed E-state index contributed by atoms with van der Waals surface area (Å²) in [5.74, 6) is 0. The number of fused-ring (bicyclic) bond motifs is 1. The van der Waals surface area contributed by atoms with Gasteiger partial charge in [0.2, 0.25) is 0 Å². The minimum atomic E-state index is -2.38. The molecule has 0 bridgehead atoms. The number of carbonyl (C=O) groups is 1. The Morgan fingerprint density at radius 3 is 3.04 bits per heavy atom. The third-order valence-electron chi connectivity index (χ3n) is 4.39. The second-order valence-electron chi connectivity index (χ2n) is 5.75. The van der Waals surface area contributed by atoms with E-state index in [0.29, 0.717) is 0 Å². The molecule has 2 aromatic rings. The van der Waals surface area contributed by atoms with E-state index in [1.54, 1.807) is 20.4 Å². The number of ether oxygens (including phenoxy) is 2. The molecule has 2 amide bonds. The molecule has 1 aromatic heterocycles. The zero-order valence-electron chi connectivity index (χ0n) is 13.3. The van der Waals surface area contributed by atoms with Crippen molar-refractivity contribution in [3.63, 3.8) is 0 Å². The third kappa shape index (κ3) is 3.64. The van der Waals surface area contributed by atoms with E-state index in [1.165, 1.54) is 0 Å². The Hall–Kier alpha value is -1.25. The second-order valence-corrected chi connectivity index (χ2v) is 13.6. The maximum atomic E-state index is 12.4. The van der Waals surface area contributed by atoms with Gasteiger partial charge in [-0.05, 0) is 0 Å². The van der Waals surface area contributed by atoms with E-state index in [9.17, 15) is 4.79 Å². The van der Waals surface area contributed by atoms with Gasteiger partial charge in [-0.15, -0.1) is 0 Å². The number of hydrogen-bond acceptors (Lipinski definition) is 4. The van der Waals surface area contributed by atoms with Gasteiger partial charge in [0.25, 0.3) is 0 Å². The Morgan fingerprint density at radius 2 is 2.26 bits per heavy atom. The number of aromatic nitrogens is 2. The fraction of sp³-hybridized carbons (Fsp3) is 0.467. The normalized spacial score (nSPS) is 21.4. The Morgan fingerprint density at radius 1 is 1.39 bits per heavy atom. The SMILES string of the molecule is COC1CC[CH2][In]([NH]C(=O)Nc2cccc3[nH]ncc23)[CH]1OC. The summed E-state index contributed by atoms with van der Waals surface area (Å²) in [6.07, 6.45) is 3.91. The number of nitrogens with one attached hydrogen (secondary N) is 3. The van der Waals surface area contributed by atoms with Crippen molar-refractivity contribution in [2.24, 2.45) is 0 Å². The summed E-state index contributed by atoms with van der Waals surface area (Å²) in [5.41, 5.74) is 1.66. The molecular formula is C15H21InN4O3. The van der Waals surface area contributed by atoms with Crippen LogP contribution in [0.25, 0.3) is 10.9 Å². The molecule has 2 heterocycles. The summed E-state index contributed by atoms with van der Waals surface area (Å²) >= 11 is -2.38. The first-order valence-electron chi connectivity index (χ1n) is 7.78. The van der Waals surface area contributed by atoms with Crippen molar-refractivity contribution < 1.29 is 14.3 Å². The van der Waals surface area contributed by atoms with Gasteiger partial charge >= 0.3 is 143 Å². The predicted molar refractivity (Wildman–Crippen MR) is 89.6 cm³/mol. The van der Waals surface area contributed by atoms with Gasteiger partial charge in [0, 0.05) is 0 Å². The van der Waals surface area contributed by atoms with Crippen LogP contribution in [0.3, 0.4) is 0 Å². The molecule has 122 valence electrons. The average Bonchev–Trinajstić information content (AvgIpc) is 3.04. The molecule has 1 aliphatic rings. The number of methoxy groups -OCH3 is 2. The first-order valence-corrected chi connectivity index (χ1v) is 13.7. The van der Waals surface area contributed by atoms with Gasteiger partial charge in [-0.2, -0.15) is 0 Å². The van der Waals surface area contributed by atoms with E-state index in [0.717, 1.165) is 33.6 Å². The minimum absolute atomic E-state index is 0.0750. The Labute approximate surface area is 143 Å². The number of amides is 2. The number of rotatable bonds is 4. The van der Waals surface area contributed by atoms with E-state index in [4.69, 9.17) is 9.47 Å². The van der Waals surface area contributed by atoms with Gasteiger partial charge in [0.05, 0.1) is 0 Å². The first kappa shape index (κ1) is 16.6. The van der Waals surface area contributed by atoms with Crippen molar-refractivity contribution in [2.75, 3.05) is 19.5 Å². The Balaban J connectivity index is 1.68. The predicted octanol–water partition coefficient (Wildman–Crippen LogP) is 2.04. The number of benzene rings is 1.